The van der Waals surface area contributed by atoms with Crippen LogP contribution in [0.2, 0.25) is 0 Å². The van der Waals surface area contributed by atoms with Gasteiger partial charge in [-0.1, -0.05) is 0 Å². The van der Waals surface area contributed by atoms with Gasteiger partial charge in [-0.3, -0.25) is 9.59 Å². The van der Waals surface area contributed by atoms with Gasteiger partial charge in [0.1, 0.15) is 29.1 Å². The standard InChI is InChI=1S/C11H8F3NO5/c12-4-1-5(13)9(6(14)2-4)10(18)15-7(11(19)20)3-8(16)17/h1-2,7H,3H2,(H,15,18)(H,16,17)(H,19,20)/t7-/m1/s1. The van der Waals surface area contributed by atoms with Crippen molar-refractivity contribution >= 4 is 17.8 Å². The number of amides is 1. The first-order valence-electron chi connectivity index (χ1n) is 5.12. The minimum Gasteiger partial charge on any atom is -0.481 e. The topological polar surface area (TPSA) is 104 Å². The summed E-state index contributed by atoms with van der Waals surface area (Å²) in [6.07, 6.45) is -0.981. The molecule has 0 saturated carbocycles. The number of hydrogen-bond acceptors (Lipinski definition) is 3. The molecule has 0 bridgehead atoms. The molecule has 1 rings (SSSR count). The summed E-state index contributed by atoms with van der Waals surface area (Å²) < 4.78 is 39.2. The van der Waals surface area contributed by atoms with Crippen molar-refractivity contribution < 1.29 is 37.8 Å². The zero-order valence-corrected chi connectivity index (χ0v) is 9.69. The molecule has 0 aromatic heterocycles. The minimum atomic E-state index is -1.87. The fourth-order valence-corrected chi connectivity index (χ4v) is 1.36. The van der Waals surface area contributed by atoms with Crippen LogP contribution in [0.1, 0.15) is 16.8 Å². The largest absolute Gasteiger partial charge is 0.481 e. The molecule has 1 aromatic carbocycles. The Morgan fingerprint density at radius 2 is 1.60 bits per heavy atom. The molecule has 108 valence electrons. The van der Waals surface area contributed by atoms with Crippen LogP contribution in [0.15, 0.2) is 12.1 Å². The van der Waals surface area contributed by atoms with Crippen LogP contribution >= 0.6 is 0 Å². The van der Waals surface area contributed by atoms with Crippen molar-refractivity contribution in [1.82, 2.24) is 5.32 Å². The number of benzene rings is 1. The van der Waals surface area contributed by atoms with Crippen LogP contribution in [-0.2, 0) is 9.59 Å². The number of halogens is 3. The molecule has 0 aliphatic carbocycles. The maximum Gasteiger partial charge on any atom is 0.326 e. The molecule has 0 spiro atoms. The Balaban J connectivity index is 3.01. The van der Waals surface area contributed by atoms with Crippen molar-refractivity contribution in [3.63, 3.8) is 0 Å². The van der Waals surface area contributed by atoms with E-state index in [0.717, 1.165) is 0 Å². The molecule has 0 fully saturated rings. The van der Waals surface area contributed by atoms with Crippen LogP contribution < -0.4 is 5.32 Å². The number of nitrogens with one attached hydrogen (secondary N) is 1. The lowest BCUT2D eigenvalue weighted by Gasteiger charge is -2.13. The molecule has 0 radical (unpaired) electrons. The number of carbonyl (C=O) groups excluding carboxylic acids is 1. The maximum atomic E-state index is 13.3. The molecule has 6 nitrogen and oxygen atoms in total. The Morgan fingerprint density at radius 1 is 1.10 bits per heavy atom. The molecule has 0 aliphatic rings. The second-order valence-corrected chi connectivity index (χ2v) is 3.71. The predicted molar refractivity (Wildman–Crippen MR) is 57.5 cm³/mol. The van der Waals surface area contributed by atoms with E-state index < -0.39 is 53.3 Å². The smallest absolute Gasteiger partial charge is 0.326 e. The molecular formula is C11H8F3NO5. The molecule has 1 aromatic rings. The average molecular weight is 291 g/mol. The number of carboxylic acid groups (broad SMARTS) is 2. The molecule has 20 heavy (non-hydrogen) atoms. The first kappa shape index (κ1) is 15.5. The van der Waals surface area contributed by atoms with Crippen LogP contribution in [-0.4, -0.2) is 34.1 Å². The Kier molecular flexibility index (Phi) is 4.68. The number of carboxylic acids is 2. The van der Waals surface area contributed by atoms with E-state index in [4.69, 9.17) is 10.2 Å². The molecule has 0 saturated heterocycles. The Morgan fingerprint density at radius 3 is 2.00 bits per heavy atom. The van der Waals surface area contributed by atoms with Crippen LogP contribution in [0.5, 0.6) is 0 Å². The Bertz CT molecular complexity index is 552. The second kappa shape index (κ2) is 6.04. The van der Waals surface area contributed by atoms with E-state index in [0.29, 0.717) is 0 Å². The molecule has 9 heteroatoms. The highest BCUT2D eigenvalue weighted by Gasteiger charge is 2.26. The quantitative estimate of drug-likeness (QED) is 0.743. The van der Waals surface area contributed by atoms with Gasteiger partial charge in [0, 0.05) is 12.1 Å². The minimum absolute atomic E-state index is 0.241. The fraction of sp³-hybridized carbons (Fsp3) is 0.182. The number of carbonyl (C=O) groups is 3. The van der Waals surface area contributed by atoms with Gasteiger partial charge in [-0.05, 0) is 0 Å². The summed E-state index contributed by atoms with van der Waals surface area (Å²) in [5.41, 5.74) is -1.19. The van der Waals surface area contributed by atoms with Gasteiger partial charge < -0.3 is 15.5 Å². The maximum absolute atomic E-state index is 13.3. The fourth-order valence-electron chi connectivity index (χ4n) is 1.36. The zero-order chi connectivity index (χ0) is 15.4. The first-order chi connectivity index (χ1) is 9.22. The molecule has 0 unspecified atom stereocenters. The number of aliphatic carboxylic acids is 2. The van der Waals surface area contributed by atoms with E-state index in [1.54, 1.807) is 5.32 Å². The van der Waals surface area contributed by atoms with Crippen LogP contribution in [0.25, 0.3) is 0 Å². The SMILES string of the molecule is O=C(O)C[C@@H](NC(=O)c1c(F)cc(F)cc1F)C(=O)O. The van der Waals surface area contributed by atoms with Gasteiger partial charge in [-0.15, -0.1) is 0 Å². The monoisotopic (exact) mass is 291 g/mol. The highest BCUT2D eigenvalue weighted by molar-refractivity contribution is 5.97. The van der Waals surface area contributed by atoms with Gasteiger partial charge in [0.05, 0.1) is 6.42 Å². The van der Waals surface area contributed by atoms with Crippen molar-refractivity contribution in [2.24, 2.45) is 0 Å². The molecule has 1 amide bonds. The highest BCUT2D eigenvalue weighted by Crippen LogP contribution is 2.15. The van der Waals surface area contributed by atoms with Crippen LogP contribution in [0.4, 0.5) is 13.2 Å². The summed E-state index contributed by atoms with van der Waals surface area (Å²) in [6, 6.07) is -1.39. The number of rotatable bonds is 5. The van der Waals surface area contributed by atoms with E-state index in [9.17, 15) is 27.6 Å². The van der Waals surface area contributed by atoms with E-state index in [1.165, 1.54) is 0 Å². The van der Waals surface area contributed by atoms with Crippen molar-refractivity contribution in [1.29, 1.82) is 0 Å². The number of hydrogen-bond donors (Lipinski definition) is 3. The van der Waals surface area contributed by atoms with E-state index in [1.807, 2.05) is 0 Å². The van der Waals surface area contributed by atoms with Gasteiger partial charge in [-0.2, -0.15) is 0 Å². The van der Waals surface area contributed by atoms with Gasteiger partial charge in [-0.25, -0.2) is 18.0 Å². The lowest BCUT2D eigenvalue weighted by atomic mass is 10.1. The summed E-state index contributed by atoms with van der Waals surface area (Å²) in [5, 5.41) is 18.8. The third-order valence-corrected chi connectivity index (χ3v) is 2.22. The molecule has 1 atom stereocenters. The van der Waals surface area contributed by atoms with Crippen molar-refractivity contribution in [3.8, 4) is 0 Å². The van der Waals surface area contributed by atoms with Crippen molar-refractivity contribution in [2.45, 2.75) is 12.5 Å². The molecular weight excluding hydrogens is 283 g/mol. The molecule has 0 heterocycles. The lowest BCUT2D eigenvalue weighted by Crippen LogP contribution is -2.42. The van der Waals surface area contributed by atoms with Gasteiger partial charge in [0.15, 0.2) is 0 Å². The van der Waals surface area contributed by atoms with Gasteiger partial charge >= 0.3 is 11.9 Å². The van der Waals surface area contributed by atoms with Gasteiger partial charge in [0.2, 0.25) is 0 Å². The molecule has 3 N–H and O–H groups in total. The van der Waals surface area contributed by atoms with E-state index >= 15 is 0 Å². The third-order valence-electron chi connectivity index (χ3n) is 2.22. The summed E-state index contributed by atoms with van der Waals surface area (Å²) in [6.45, 7) is 0. The average Bonchev–Trinajstić information content (AvgIpc) is 2.25. The summed E-state index contributed by atoms with van der Waals surface area (Å²) >= 11 is 0. The normalized spacial score (nSPS) is 11.8. The highest BCUT2D eigenvalue weighted by atomic mass is 19.1. The van der Waals surface area contributed by atoms with E-state index in [2.05, 4.69) is 0 Å². The van der Waals surface area contributed by atoms with E-state index in [-0.39, 0.29) is 12.1 Å². The summed E-state index contributed by atoms with van der Waals surface area (Å²) in [5.74, 6) is -9.02. The first-order valence-corrected chi connectivity index (χ1v) is 5.12. The van der Waals surface area contributed by atoms with Crippen LogP contribution in [0.3, 0.4) is 0 Å². The van der Waals surface area contributed by atoms with Crippen molar-refractivity contribution in [3.05, 3.63) is 35.1 Å². The van der Waals surface area contributed by atoms with Crippen molar-refractivity contribution in [2.75, 3.05) is 0 Å². The van der Waals surface area contributed by atoms with Crippen LogP contribution in [0, 0.1) is 17.5 Å². The third kappa shape index (κ3) is 3.70. The lowest BCUT2D eigenvalue weighted by molar-refractivity contribution is -0.145. The zero-order valence-electron chi connectivity index (χ0n) is 9.69. The Labute approximate surface area is 109 Å². The second-order valence-electron chi connectivity index (χ2n) is 3.71. The molecule has 0 aliphatic heterocycles. The Hall–Kier alpha value is -2.58. The summed E-state index contributed by atoms with van der Waals surface area (Å²) in [4.78, 5) is 32.6. The predicted octanol–water partition coefficient (Wildman–Crippen LogP) is 0.762. The summed E-state index contributed by atoms with van der Waals surface area (Å²) in [7, 11) is 0. The van der Waals surface area contributed by atoms with Gasteiger partial charge in [0.25, 0.3) is 5.91 Å².